The second-order valence-corrected chi connectivity index (χ2v) is 5.45. The van der Waals surface area contributed by atoms with Gasteiger partial charge < -0.3 is 9.72 Å². The minimum absolute atomic E-state index is 0.0782. The third-order valence-corrected chi connectivity index (χ3v) is 3.68. The zero-order valence-corrected chi connectivity index (χ0v) is 13.6. The highest BCUT2D eigenvalue weighted by atomic mass is 16.5. The third-order valence-electron chi connectivity index (χ3n) is 3.68. The van der Waals surface area contributed by atoms with Gasteiger partial charge in [0.05, 0.1) is 17.3 Å². The van der Waals surface area contributed by atoms with E-state index in [0.29, 0.717) is 33.8 Å². The van der Waals surface area contributed by atoms with E-state index in [-0.39, 0.29) is 11.6 Å². The Hall–Kier alpha value is -2.87. The topological polar surface area (TPSA) is 82.9 Å². The van der Waals surface area contributed by atoms with Gasteiger partial charge in [-0.15, -0.1) is 0 Å². The van der Waals surface area contributed by atoms with Crippen LogP contribution in [0.3, 0.4) is 0 Å². The second kappa shape index (κ2) is 6.49. The van der Waals surface area contributed by atoms with Gasteiger partial charge in [-0.05, 0) is 51.5 Å². The molecule has 0 fully saturated rings. The van der Waals surface area contributed by atoms with Gasteiger partial charge in [0, 0.05) is 11.3 Å². The van der Waals surface area contributed by atoms with Gasteiger partial charge in [0.25, 0.3) is 0 Å². The number of hydrogen-bond acceptors (Lipinski definition) is 4. The molecule has 0 radical (unpaired) electrons. The largest absolute Gasteiger partial charge is 0.482 e. The van der Waals surface area contributed by atoms with Gasteiger partial charge in [-0.25, -0.2) is 0 Å². The van der Waals surface area contributed by atoms with Crippen molar-refractivity contribution in [3.8, 4) is 11.8 Å². The van der Waals surface area contributed by atoms with Gasteiger partial charge in [0.2, 0.25) is 5.78 Å². The standard InChI is InChI=1S/C18H18N2O3/c1-10-16(12(3)21)11(2)20-17(10)18(22)13(4)23-15-7-5-6-14(8-15)9-19/h5-8,13,20H,1-4H3/t13-/m0/s1. The molecule has 23 heavy (non-hydrogen) atoms. The summed E-state index contributed by atoms with van der Waals surface area (Å²) in [4.78, 5) is 27.2. The van der Waals surface area contributed by atoms with Gasteiger partial charge in [0.15, 0.2) is 11.9 Å². The number of carbonyl (C=O) groups is 2. The molecule has 1 aromatic carbocycles. The lowest BCUT2D eigenvalue weighted by molar-refractivity contribution is 0.0812. The van der Waals surface area contributed by atoms with Crippen molar-refractivity contribution in [1.29, 1.82) is 5.26 Å². The maximum absolute atomic E-state index is 12.6. The quantitative estimate of drug-likeness (QED) is 0.858. The number of aromatic amines is 1. The molecular formula is C18H18N2O3. The molecule has 0 bridgehead atoms. The molecule has 1 N–H and O–H groups in total. The zero-order chi connectivity index (χ0) is 17.1. The smallest absolute Gasteiger partial charge is 0.219 e. The Balaban J connectivity index is 2.25. The van der Waals surface area contributed by atoms with E-state index in [1.807, 2.05) is 6.07 Å². The van der Waals surface area contributed by atoms with Crippen LogP contribution in [-0.4, -0.2) is 22.7 Å². The summed E-state index contributed by atoms with van der Waals surface area (Å²) in [6.45, 7) is 6.63. The Morgan fingerprint density at radius 1 is 1.30 bits per heavy atom. The molecule has 0 unspecified atom stereocenters. The molecule has 1 aromatic heterocycles. The van der Waals surface area contributed by atoms with Crippen molar-refractivity contribution in [2.24, 2.45) is 0 Å². The summed E-state index contributed by atoms with van der Waals surface area (Å²) in [6, 6.07) is 8.66. The molecule has 0 aliphatic carbocycles. The van der Waals surface area contributed by atoms with Crippen LogP contribution in [0.15, 0.2) is 24.3 Å². The number of H-pyrrole nitrogens is 1. The van der Waals surface area contributed by atoms with Crippen LogP contribution in [0, 0.1) is 25.2 Å². The van der Waals surface area contributed by atoms with Gasteiger partial charge in [0.1, 0.15) is 5.75 Å². The van der Waals surface area contributed by atoms with E-state index in [1.54, 1.807) is 45.0 Å². The summed E-state index contributed by atoms with van der Waals surface area (Å²) in [7, 11) is 0. The number of rotatable bonds is 5. The van der Waals surface area contributed by atoms with Crippen molar-refractivity contribution in [2.45, 2.75) is 33.8 Å². The van der Waals surface area contributed by atoms with E-state index in [4.69, 9.17) is 10.00 Å². The average molecular weight is 310 g/mol. The lowest BCUT2D eigenvalue weighted by Gasteiger charge is -2.13. The van der Waals surface area contributed by atoms with Crippen molar-refractivity contribution >= 4 is 11.6 Å². The van der Waals surface area contributed by atoms with E-state index in [1.165, 1.54) is 6.92 Å². The molecule has 5 heteroatoms. The minimum atomic E-state index is -0.736. The fraction of sp³-hybridized carbons (Fsp3) is 0.278. The number of hydrogen-bond donors (Lipinski definition) is 1. The molecule has 2 aromatic rings. The Morgan fingerprint density at radius 3 is 2.57 bits per heavy atom. The van der Waals surface area contributed by atoms with Crippen LogP contribution in [-0.2, 0) is 0 Å². The molecule has 0 spiro atoms. The second-order valence-electron chi connectivity index (χ2n) is 5.45. The SMILES string of the molecule is CC(=O)c1c(C)[nH]c(C(=O)[C@H](C)Oc2cccc(C#N)c2)c1C. The summed E-state index contributed by atoms with van der Waals surface area (Å²) < 4.78 is 5.63. The molecule has 0 aliphatic heterocycles. The summed E-state index contributed by atoms with van der Waals surface area (Å²) in [6.07, 6.45) is -0.736. The molecule has 118 valence electrons. The number of aryl methyl sites for hydroxylation is 1. The lowest BCUT2D eigenvalue weighted by atomic mass is 10.0. The summed E-state index contributed by atoms with van der Waals surface area (Å²) in [5.41, 5.74) is 2.72. The average Bonchev–Trinajstić information content (AvgIpc) is 2.81. The van der Waals surface area contributed by atoms with Crippen LogP contribution in [0.2, 0.25) is 0 Å². The van der Waals surface area contributed by atoms with Crippen molar-refractivity contribution in [3.63, 3.8) is 0 Å². The molecule has 0 amide bonds. The van der Waals surface area contributed by atoms with E-state index < -0.39 is 6.10 Å². The molecule has 0 aliphatic rings. The van der Waals surface area contributed by atoms with Crippen LogP contribution >= 0.6 is 0 Å². The molecule has 0 saturated heterocycles. The van der Waals surface area contributed by atoms with Crippen LogP contribution in [0.4, 0.5) is 0 Å². The van der Waals surface area contributed by atoms with Gasteiger partial charge in [-0.1, -0.05) is 6.07 Å². The first-order chi connectivity index (χ1) is 10.8. The molecule has 0 saturated carbocycles. The minimum Gasteiger partial charge on any atom is -0.482 e. The fourth-order valence-corrected chi connectivity index (χ4v) is 2.62. The van der Waals surface area contributed by atoms with Crippen LogP contribution < -0.4 is 4.74 Å². The molecule has 1 atom stereocenters. The van der Waals surface area contributed by atoms with Gasteiger partial charge in [-0.3, -0.25) is 9.59 Å². The molecule has 5 nitrogen and oxygen atoms in total. The molecular weight excluding hydrogens is 292 g/mol. The monoisotopic (exact) mass is 310 g/mol. The molecule has 1 heterocycles. The number of benzene rings is 1. The van der Waals surface area contributed by atoms with Crippen molar-refractivity contribution in [3.05, 3.63) is 52.3 Å². The Kier molecular flexibility index (Phi) is 4.65. The van der Waals surface area contributed by atoms with E-state index in [2.05, 4.69) is 4.98 Å². The van der Waals surface area contributed by atoms with Crippen molar-refractivity contribution in [1.82, 2.24) is 4.98 Å². The number of ether oxygens (including phenoxy) is 1. The summed E-state index contributed by atoms with van der Waals surface area (Å²) in [5.74, 6) is 0.142. The number of nitrogens with zero attached hydrogens (tertiary/aromatic N) is 1. The normalized spacial score (nSPS) is 11.6. The maximum atomic E-state index is 12.6. The molecule has 2 rings (SSSR count). The van der Waals surface area contributed by atoms with E-state index in [0.717, 1.165) is 0 Å². The van der Waals surface area contributed by atoms with Crippen LogP contribution in [0.1, 0.15) is 51.5 Å². The third kappa shape index (κ3) is 3.32. The highest BCUT2D eigenvalue weighted by Crippen LogP contribution is 2.21. The highest BCUT2D eigenvalue weighted by Gasteiger charge is 2.24. The number of Topliss-reactive ketones (excluding diaryl/α,β-unsaturated/α-hetero) is 2. The van der Waals surface area contributed by atoms with Crippen LogP contribution in [0.25, 0.3) is 0 Å². The predicted molar refractivity (Wildman–Crippen MR) is 85.8 cm³/mol. The van der Waals surface area contributed by atoms with E-state index >= 15 is 0 Å². The number of aromatic nitrogens is 1. The summed E-state index contributed by atoms with van der Waals surface area (Å²) >= 11 is 0. The maximum Gasteiger partial charge on any atom is 0.219 e. The first-order valence-electron chi connectivity index (χ1n) is 7.26. The number of carbonyl (C=O) groups excluding carboxylic acids is 2. The Labute approximate surface area is 134 Å². The Morgan fingerprint density at radius 2 is 2.00 bits per heavy atom. The first kappa shape index (κ1) is 16.5. The fourth-order valence-electron chi connectivity index (χ4n) is 2.62. The predicted octanol–water partition coefficient (Wildman–Crippen LogP) is 3.36. The van der Waals surface area contributed by atoms with Crippen molar-refractivity contribution in [2.75, 3.05) is 0 Å². The summed E-state index contributed by atoms with van der Waals surface area (Å²) in [5, 5.41) is 8.90. The van der Waals surface area contributed by atoms with Crippen LogP contribution in [0.5, 0.6) is 5.75 Å². The van der Waals surface area contributed by atoms with Gasteiger partial charge in [-0.2, -0.15) is 5.26 Å². The van der Waals surface area contributed by atoms with Gasteiger partial charge >= 0.3 is 0 Å². The Bertz CT molecular complexity index is 812. The van der Waals surface area contributed by atoms with E-state index in [9.17, 15) is 9.59 Å². The number of ketones is 2. The lowest BCUT2D eigenvalue weighted by Crippen LogP contribution is -2.25. The zero-order valence-electron chi connectivity index (χ0n) is 13.6. The highest BCUT2D eigenvalue weighted by molar-refractivity contribution is 6.04. The number of nitriles is 1. The van der Waals surface area contributed by atoms with Crippen molar-refractivity contribution < 1.29 is 14.3 Å². The first-order valence-corrected chi connectivity index (χ1v) is 7.26. The number of nitrogens with one attached hydrogen (secondary N) is 1.